The monoisotopic (exact) mass is 262 g/mol. The lowest BCUT2D eigenvalue weighted by Crippen LogP contribution is -2.38. The smallest absolute Gasteiger partial charge is 0.224 e. The van der Waals surface area contributed by atoms with Crippen LogP contribution in [0.15, 0.2) is 41.9 Å². The van der Waals surface area contributed by atoms with E-state index in [1.165, 1.54) is 11.8 Å². The molecule has 1 atom stereocenters. The fraction of sp³-hybridized carbons (Fsp3) is 0.231. The van der Waals surface area contributed by atoms with Crippen LogP contribution in [0.3, 0.4) is 0 Å². The molecule has 2 N–H and O–H groups in total. The molecule has 2 rings (SSSR count). The number of amides is 1. The van der Waals surface area contributed by atoms with E-state index in [4.69, 9.17) is 0 Å². The molecule has 1 aliphatic heterocycles. The quantitative estimate of drug-likeness (QED) is 0.832. The molecule has 4 nitrogen and oxygen atoms in total. The normalized spacial score (nSPS) is 17.2. The van der Waals surface area contributed by atoms with E-state index < -0.39 is 0 Å². The lowest BCUT2D eigenvalue weighted by molar-refractivity contribution is -0.124. The number of carbonyl (C=O) groups excluding carboxylic acids is 2. The van der Waals surface area contributed by atoms with Gasteiger partial charge in [-0.2, -0.15) is 0 Å². The number of nitrogens with one attached hydrogen (secondary N) is 2. The molecule has 5 heteroatoms. The first-order valence-electron chi connectivity index (χ1n) is 5.65. The second-order valence-corrected chi connectivity index (χ2v) is 4.91. The van der Waals surface area contributed by atoms with Crippen LogP contribution >= 0.6 is 11.8 Å². The molecular weight excluding hydrogens is 248 g/mol. The minimum absolute atomic E-state index is 0.0218. The van der Waals surface area contributed by atoms with Crippen LogP contribution in [0.4, 0.5) is 0 Å². The zero-order chi connectivity index (χ0) is 12.8. The largest absolute Gasteiger partial charge is 0.372 e. The van der Waals surface area contributed by atoms with Crippen molar-refractivity contribution in [2.24, 2.45) is 0 Å². The molecule has 0 spiro atoms. The Hall–Kier alpha value is -1.75. The van der Waals surface area contributed by atoms with Crippen molar-refractivity contribution in [2.75, 3.05) is 6.54 Å². The van der Waals surface area contributed by atoms with Crippen molar-refractivity contribution in [2.45, 2.75) is 11.8 Å². The number of hydrogen-bond donors (Lipinski definition) is 2. The van der Waals surface area contributed by atoms with Crippen molar-refractivity contribution < 1.29 is 9.59 Å². The molecule has 18 heavy (non-hydrogen) atoms. The number of thioether (sulfide) groups is 1. The van der Waals surface area contributed by atoms with E-state index in [1.807, 2.05) is 35.7 Å². The van der Waals surface area contributed by atoms with Gasteiger partial charge in [0, 0.05) is 6.20 Å². The van der Waals surface area contributed by atoms with Gasteiger partial charge in [0.1, 0.15) is 5.37 Å². The molecule has 0 saturated carbocycles. The van der Waals surface area contributed by atoms with Crippen molar-refractivity contribution in [1.82, 2.24) is 10.6 Å². The predicted octanol–water partition coefficient (Wildman–Crippen LogP) is 1.05. The molecule has 1 heterocycles. The van der Waals surface area contributed by atoms with Crippen LogP contribution in [-0.2, 0) is 16.0 Å². The molecule has 1 aliphatic rings. The zero-order valence-corrected chi connectivity index (χ0v) is 10.6. The summed E-state index contributed by atoms with van der Waals surface area (Å²) in [6, 6.07) is 9.46. The molecule has 0 aliphatic carbocycles. The first-order valence-corrected chi connectivity index (χ1v) is 6.60. The first kappa shape index (κ1) is 12.7. The zero-order valence-electron chi connectivity index (χ0n) is 9.76. The topological polar surface area (TPSA) is 58.2 Å². The molecule has 1 unspecified atom stereocenters. The maximum Gasteiger partial charge on any atom is 0.224 e. The van der Waals surface area contributed by atoms with Crippen LogP contribution in [0.2, 0.25) is 0 Å². The fourth-order valence-corrected chi connectivity index (χ4v) is 2.28. The number of hydrogen-bond acceptors (Lipinski definition) is 4. The maximum absolute atomic E-state index is 11.7. The Morgan fingerprint density at radius 3 is 2.72 bits per heavy atom. The standard InChI is InChI=1S/C13H14N2O2S/c16-11(13-14-6-7-18-13)9-15-12(17)8-10-4-2-1-3-5-10/h1-7,13-14H,8-9H2,(H,15,17). The number of ketones is 1. The second kappa shape index (κ2) is 6.26. The molecule has 1 aromatic carbocycles. The van der Waals surface area contributed by atoms with Crippen LogP contribution in [0.1, 0.15) is 5.56 Å². The van der Waals surface area contributed by atoms with Crippen LogP contribution in [0.5, 0.6) is 0 Å². The summed E-state index contributed by atoms with van der Waals surface area (Å²) in [5.41, 5.74) is 0.942. The molecule has 0 radical (unpaired) electrons. The van der Waals surface area contributed by atoms with E-state index in [0.717, 1.165) is 5.56 Å². The summed E-state index contributed by atoms with van der Waals surface area (Å²) < 4.78 is 0. The average Bonchev–Trinajstić information content (AvgIpc) is 2.91. The third-order valence-electron chi connectivity index (χ3n) is 2.49. The minimum atomic E-state index is -0.262. The SMILES string of the molecule is O=C(Cc1ccccc1)NCC(=O)C1NC=CS1. The molecular formula is C13H14N2O2S. The van der Waals surface area contributed by atoms with E-state index in [9.17, 15) is 9.59 Å². The van der Waals surface area contributed by atoms with Gasteiger partial charge in [0.05, 0.1) is 13.0 Å². The maximum atomic E-state index is 11.7. The minimum Gasteiger partial charge on any atom is -0.372 e. The van der Waals surface area contributed by atoms with Gasteiger partial charge in [0.15, 0.2) is 5.78 Å². The molecule has 0 aromatic heterocycles. The Bertz CT molecular complexity index is 451. The van der Waals surface area contributed by atoms with Gasteiger partial charge in [-0.05, 0) is 11.0 Å². The summed E-state index contributed by atoms with van der Waals surface area (Å²) in [5.74, 6) is -0.156. The number of carbonyl (C=O) groups is 2. The molecule has 1 aromatic rings. The Morgan fingerprint density at radius 2 is 2.06 bits per heavy atom. The number of Topliss-reactive ketones (excluding diaryl/α,β-unsaturated/α-hetero) is 1. The molecule has 0 fully saturated rings. The lowest BCUT2D eigenvalue weighted by atomic mass is 10.1. The molecule has 0 bridgehead atoms. The molecule has 94 valence electrons. The Labute approximate surface area is 110 Å². The third-order valence-corrected chi connectivity index (χ3v) is 3.45. The Kier molecular flexibility index (Phi) is 4.41. The van der Waals surface area contributed by atoms with Gasteiger partial charge in [0.2, 0.25) is 5.91 Å². The van der Waals surface area contributed by atoms with Crippen LogP contribution in [0.25, 0.3) is 0 Å². The summed E-state index contributed by atoms with van der Waals surface area (Å²) >= 11 is 1.41. The highest BCUT2D eigenvalue weighted by Gasteiger charge is 2.19. The summed E-state index contributed by atoms with van der Waals surface area (Å²) in [6.45, 7) is 0.0675. The van der Waals surface area contributed by atoms with Crippen molar-refractivity contribution in [1.29, 1.82) is 0 Å². The Morgan fingerprint density at radius 1 is 1.28 bits per heavy atom. The van der Waals surface area contributed by atoms with Gasteiger partial charge in [-0.1, -0.05) is 42.1 Å². The highest BCUT2D eigenvalue weighted by atomic mass is 32.2. The lowest BCUT2D eigenvalue weighted by Gasteiger charge is -2.09. The average molecular weight is 262 g/mol. The van der Waals surface area contributed by atoms with Gasteiger partial charge < -0.3 is 10.6 Å². The highest BCUT2D eigenvalue weighted by Crippen LogP contribution is 2.15. The number of benzene rings is 1. The van der Waals surface area contributed by atoms with Crippen LogP contribution in [-0.4, -0.2) is 23.6 Å². The highest BCUT2D eigenvalue weighted by molar-refractivity contribution is 8.03. The summed E-state index contributed by atoms with van der Waals surface area (Å²) in [4.78, 5) is 23.3. The van der Waals surface area contributed by atoms with Gasteiger partial charge in [-0.15, -0.1) is 0 Å². The van der Waals surface area contributed by atoms with Gasteiger partial charge in [-0.25, -0.2) is 0 Å². The van der Waals surface area contributed by atoms with E-state index in [-0.39, 0.29) is 23.6 Å². The van der Waals surface area contributed by atoms with Crippen molar-refractivity contribution >= 4 is 23.5 Å². The van der Waals surface area contributed by atoms with E-state index in [1.54, 1.807) is 6.20 Å². The van der Waals surface area contributed by atoms with Gasteiger partial charge in [-0.3, -0.25) is 9.59 Å². The van der Waals surface area contributed by atoms with E-state index >= 15 is 0 Å². The van der Waals surface area contributed by atoms with Gasteiger partial charge in [0.25, 0.3) is 0 Å². The predicted molar refractivity (Wildman–Crippen MR) is 71.8 cm³/mol. The van der Waals surface area contributed by atoms with Crippen molar-refractivity contribution in [3.8, 4) is 0 Å². The van der Waals surface area contributed by atoms with Crippen molar-refractivity contribution in [3.63, 3.8) is 0 Å². The van der Waals surface area contributed by atoms with Crippen LogP contribution in [0, 0.1) is 0 Å². The molecule has 1 amide bonds. The fourth-order valence-electron chi connectivity index (χ4n) is 1.57. The summed E-state index contributed by atoms with van der Waals surface area (Å²) in [6.07, 6.45) is 2.04. The summed E-state index contributed by atoms with van der Waals surface area (Å²) in [5, 5.41) is 7.12. The number of rotatable bonds is 5. The van der Waals surface area contributed by atoms with Gasteiger partial charge >= 0.3 is 0 Å². The van der Waals surface area contributed by atoms with E-state index in [0.29, 0.717) is 6.42 Å². The second-order valence-electron chi connectivity index (χ2n) is 3.89. The third kappa shape index (κ3) is 3.63. The summed E-state index contributed by atoms with van der Waals surface area (Å²) in [7, 11) is 0. The molecule has 0 saturated heterocycles. The first-order chi connectivity index (χ1) is 8.75. The van der Waals surface area contributed by atoms with Crippen molar-refractivity contribution in [3.05, 3.63) is 47.5 Å². The van der Waals surface area contributed by atoms with E-state index in [2.05, 4.69) is 10.6 Å². The Balaban J connectivity index is 1.73. The van der Waals surface area contributed by atoms with Crippen LogP contribution < -0.4 is 10.6 Å².